The highest BCUT2D eigenvalue weighted by molar-refractivity contribution is 6.24. The van der Waals surface area contributed by atoms with E-state index in [0.717, 1.165) is 24.5 Å². The number of aliphatic hydroxyl groups is 3. The minimum absolute atomic E-state index is 0.138. The highest BCUT2D eigenvalue weighted by Gasteiger charge is 2.60. The molecule has 0 bridgehead atoms. The maximum atomic E-state index is 15.0. The number of allylic oxidation sites excluding steroid dienone is 2. The lowest BCUT2D eigenvalue weighted by atomic mass is 9.60. The van der Waals surface area contributed by atoms with E-state index in [1.54, 1.807) is 0 Å². The molecule has 0 heterocycles. The lowest BCUT2D eigenvalue weighted by Crippen LogP contribution is -2.57. The Kier molecular flexibility index (Phi) is 7.83. The third kappa shape index (κ3) is 5.50. The van der Waals surface area contributed by atoms with Crippen LogP contribution in [0.1, 0.15) is 72.1 Å². The predicted octanol–water partition coefficient (Wildman–Crippen LogP) is 4.79. The Morgan fingerprint density at radius 1 is 1.06 bits per heavy atom. The highest BCUT2D eigenvalue weighted by Crippen LogP contribution is 2.53. The summed E-state index contributed by atoms with van der Waals surface area (Å²) in [7, 11) is 0. The van der Waals surface area contributed by atoms with E-state index in [1.165, 1.54) is 0 Å². The molecule has 2 aromatic carbocycles. The van der Waals surface area contributed by atoms with Crippen LogP contribution in [0.15, 0.2) is 59.1 Å². The standard InChI is InChI=1S/C35H37F3N2O7/c1-33(2,20-6-4-3-5-7-20)16-40(14-17-8-9-17)15-19-12-23(41)26-22(28(19)35(36,37)38)11-18-10-21-13-24(42)27(32(39)46)31(45)34(21,47)30(44)25(18)29(26)43/h3-7,12,17-18,21,41-42,44,47H,8-11,13-16H2,1-2H3,(H2,39,46)/t18?,21-,34-/m0/s1. The fourth-order valence-electron chi connectivity index (χ4n) is 7.87. The largest absolute Gasteiger partial charge is 0.511 e. The van der Waals surface area contributed by atoms with Crippen LogP contribution in [0.3, 0.4) is 0 Å². The summed E-state index contributed by atoms with van der Waals surface area (Å²) < 4.78 is 45.1. The number of alkyl halides is 3. The molecule has 1 saturated carbocycles. The normalized spacial score (nSPS) is 24.7. The van der Waals surface area contributed by atoms with Crippen molar-refractivity contribution < 1.29 is 48.0 Å². The Morgan fingerprint density at radius 2 is 1.72 bits per heavy atom. The number of hydrogen-bond donors (Lipinski definition) is 5. The number of fused-ring (bicyclic) bond motifs is 3. The molecule has 2 aromatic rings. The van der Waals surface area contributed by atoms with Crippen LogP contribution in [0.25, 0.3) is 0 Å². The van der Waals surface area contributed by atoms with Gasteiger partial charge < -0.3 is 26.2 Å². The minimum Gasteiger partial charge on any atom is -0.511 e. The summed E-state index contributed by atoms with van der Waals surface area (Å²) in [5.74, 6) is -8.40. The van der Waals surface area contributed by atoms with Gasteiger partial charge in [-0.2, -0.15) is 13.2 Å². The van der Waals surface area contributed by atoms with Crippen LogP contribution >= 0.6 is 0 Å². The number of nitrogens with two attached hydrogens (primary N) is 1. The molecule has 4 aliphatic carbocycles. The van der Waals surface area contributed by atoms with E-state index < -0.39 is 104 Å². The number of Topliss-reactive ketones (excluding diaryl/α,β-unsaturated/α-hetero) is 2. The lowest BCUT2D eigenvalue weighted by molar-refractivity contribution is -0.144. The van der Waals surface area contributed by atoms with Gasteiger partial charge in [0.2, 0.25) is 5.78 Å². The monoisotopic (exact) mass is 654 g/mol. The van der Waals surface area contributed by atoms with Gasteiger partial charge in [-0.15, -0.1) is 0 Å². The molecule has 6 rings (SSSR count). The molecule has 250 valence electrons. The van der Waals surface area contributed by atoms with Gasteiger partial charge in [-0.1, -0.05) is 44.2 Å². The molecule has 0 radical (unpaired) electrons. The van der Waals surface area contributed by atoms with Crippen molar-refractivity contribution in [2.45, 2.75) is 69.7 Å². The molecule has 1 amide bonds. The van der Waals surface area contributed by atoms with Gasteiger partial charge in [0.1, 0.15) is 22.8 Å². The van der Waals surface area contributed by atoms with Crippen LogP contribution in [0.5, 0.6) is 5.75 Å². The number of halogens is 3. The molecule has 0 saturated heterocycles. The molecular formula is C35H37F3N2O7. The molecule has 3 atom stereocenters. The molecule has 0 aliphatic heterocycles. The van der Waals surface area contributed by atoms with Crippen molar-refractivity contribution in [3.05, 3.63) is 86.9 Å². The van der Waals surface area contributed by atoms with Crippen LogP contribution in [0.4, 0.5) is 13.2 Å². The number of rotatable bonds is 8. The second-order valence-electron chi connectivity index (χ2n) is 14.1. The predicted molar refractivity (Wildman–Crippen MR) is 163 cm³/mol. The second kappa shape index (κ2) is 11.2. The number of aliphatic hydroxyl groups excluding tert-OH is 2. The van der Waals surface area contributed by atoms with Gasteiger partial charge in [-0.25, -0.2) is 0 Å². The summed E-state index contributed by atoms with van der Waals surface area (Å²) in [4.78, 5) is 40.9. The molecule has 1 fully saturated rings. The van der Waals surface area contributed by atoms with E-state index >= 15 is 13.2 Å². The first kappa shape index (κ1) is 32.8. The van der Waals surface area contributed by atoms with Crippen molar-refractivity contribution in [3.63, 3.8) is 0 Å². The minimum atomic E-state index is -4.91. The number of amides is 1. The van der Waals surface area contributed by atoms with Gasteiger partial charge in [0.05, 0.1) is 11.1 Å². The first-order valence-electron chi connectivity index (χ1n) is 15.6. The fourth-order valence-corrected chi connectivity index (χ4v) is 7.87. The number of phenols is 1. The van der Waals surface area contributed by atoms with Gasteiger partial charge in [-0.3, -0.25) is 19.3 Å². The van der Waals surface area contributed by atoms with E-state index in [2.05, 4.69) is 0 Å². The summed E-state index contributed by atoms with van der Waals surface area (Å²) in [6, 6.07) is 10.6. The highest BCUT2D eigenvalue weighted by atomic mass is 19.4. The maximum Gasteiger partial charge on any atom is 0.417 e. The Labute approximate surface area is 269 Å². The number of carbonyl (C=O) groups is 3. The lowest BCUT2D eigenvalue weighted by Gasteiger charge is -2.45. The van der Waals surface area contributed by atoms with Crippen LogP contribution in [0.2, 0.25) is 0 Å². The number of hydrogen-bond acceptors (Lipinski definition) is 8. The summed E-state index contributed by atoms with van der Waals surface area (Å²) in [5.41, 5.74) is -0.690. The fraction of sp³-hybridized carbons (Fsp3) is 0.457. The van der Waals surface area contributed by atoms with Crippen molar-refractivity contribution in [1.82, 2.24) is 4.90 Å². The van der Waals surface area contributed by atoms with Crippen molar-refractivity contribution in [2.75, 3.05) is 13.1 Å². The molecule has 6 N–H and O–H groups in total. The molecule has 47 heavy (non-hydrogen) atoms. The van der Waals surface area contributed by atoms with Gasteiger partial charge in [0.15, 0.2) is 11.4 Å². The number of nitrogens with zero attached hydrogens (tertiary/aromatic N) is 1. The number of carbonyl (C=O) groups excluding carboxylic acids is 3. The van der Waals surface area contributed by atoms with Crippen LogP contribution in [0, 0.1) is 17.8 Å². The van der Waals surface area contributed by atoms with E-state index in [9.17, 15) is 34.8 Å². The van der Waals surface area contributed by atoms with E-state index in [1.807, 2.05) is 49.1 Å². The Balaban J connectivity index is 1.42. The first-order chi connectivity index (χ1) is 21.9. The summed E-state index contributed by atoms with van der Waals surface area (Å²) in [6.07, 6.45) is -4.13. The molecule has 0 spiro atoms. The number of ketones is 2. The van der Waals surface area contributed by atoms with Crippen molar-refractivity contribution in [2.24, 2.45) is 23.5 Å². The third-order valence-electron chi connectivity index (χ3n) is 10.2. The smallest absolute Gasteiger partial charge is 0.417 e. The quantitative estimate of drug-likeness (QED) is 0.254. The Morgan fingerprint density at radius 3 is 2.32 bits per heavy atom. The van der Waals surface area contributed by atoms with Crippen LogP contribution in [-0.2, 0) is 34.1 Å². The zero-order valence-corrected chi connectivity index (χ0v) is 26.0. The maximum absolute atomic E-state index is 15.0. The molecular weight excluding hydrogens is 617 g/mol. The number of benzene rings is 2. The van der Waals surface area contributed by atoms with Crippen LogP contribution < -0.4 is 5.73 Å². The second-order valence-corrected chi connectivity index (χ2v) is 14.1. The van der Waals surface area contributed by atoms with Crippen molar-refractivity contribution in [3.8, 4) is 5.75 Å². The Hall–Kier alpha value is -4.16. The summed E-state index contributed by atoms with van der Waals surface area (Å²) in [6.45, 7) is 4.91. The van der Waals surface area contributed by atoms with Gasteiger partial charge in [0, 0.05) is 43.0 Å². The number of phenolic OH excluding ortho intramolecular Hbond substituents is 1. The van der Waals surface area contributed by atoms with Gasteiger partial charge in [-0.05, 0) is 60.3 Å². The molecule has 0 aromatic heterocycles. The first-order valence-corrected chi connectivity index (χ1v) is 15.6. The molecule has 12 heteroatoms. The zero-order valence-electron chi connectivity index (χ0n) is 26.0. The molecule has 9 nitrogen and oxygen atoms in total. The third-order valence-corrected chi connectivity index (χ3v) is 10.2. The van der Waals surface area contributed by atoms with Crippen molar-refractivity contribution in [1.29, 1.82) is 0 Å². The zero-order chi connectivity index (χ0) is 34.2. The summed E-state index contributed by atoms with van der Waals surface area (Å²) in [5, 5.41) is 44.2. The molecule has 1 unspecified atom stereocenters. The molecule has 4 aliphatic rings. The van der Waals surface area contributed by atoms with E-state index in [4.69, 9.17) is 5.73 Å². The van der Waals surface area contributed by atoms with Crippen LogP contribution in [-0.4, -0.2) is 61.5 Å². The SMILES string of the molecule is CC(C)(CN(Cc1cc(O)c2c(c1C(F)(F)F)CC1C[C@H]3CC(O)=C(C(N)=O)C(=O)[C@@]3(O)C(O)=C1C2=O)CC1CC1)c1ccccc1. The number of primary amides is 1. The average molecular weight is 655 g/mol. The van der Waals surface area contributed by atoms with Gasteiger partial charge >= 0.3 is 6.18 Å². The Bertz CT molecular complexity index is 1740. The van der Waals surface area contributed by atoms with E-state index in [-0.39, 0.29) is 18.5 Å². The average Bonchev–Trinajstić information content (AvgIpc) is 3.78. The number of aromatic hydroxyl groups is 1. The van der Waals surface area contributed by atoms with Crippen molar-refractivity contribution >= 4 is 17.5 Å². The summed E-state index contributed by atoms with van der Waals surface area (Å²) >= 11 is 0. The topological polar surface area (TPSA) is 161 Å². The van der Waals surface area contributed by atoms with E-state index in [0.29, 0.717) is 19.0 Å². The van der Waals surface area contributed by atoms with Gasteiger partial charge in [0.25, 0.3) is 5.91 Å².